The topological polar surface area (TPSA) is 91.2 Å². The van der Waals surface area contributed by atoms with E-state index >= 15 is 0 Å². The number of thiazole rings is 1. The zero-order valence-corrected chi connectivity index (χ0v) is 12.8. The summed E-state index contributed by atoms with van der Waals surface area (Å²) in [4.78, 5) is 25.7. The van der Waals surface area contributed by atoms with Crippen LogP contribution in [0.25, 0.3) is 0 Å². The SMILES string of the molecule is O=C(O)CCN1CCCC1c1csc(Nc2cnccn2)n1. The van der Waals surface area contributed by atoms with Crippen LogP contribution < -0.4 is 5.32 Å². The summed E-state index contributed by atoms with van der Waals surface area (Å²) >= 11 is 1.52. The van der Waals surface area contributed by atoms with E-state index in [4.69, 9.17) is 5.11 Å². The van der Waals surface area contributed by atoms with E-state index < -0.39 is 5.97 Å². The number of rotatable bonds is 6. The van der Waals surface area contributed by atoms with Gasteiger partial charge in [0.25, 0.3) is 0 Å². The maximum atomic E-state index is 10.7. The standard InChI is InChI=1S/C14H17N5O2S/c20-13(21)3-7-19-6-1-2-11(19)10-9-22-14(17-10)18-12-8-15-4-5-16-12/h4-5,8-9,11H,1-3,6-7H2,(H,20,21)(H,16,17,18). The second kappa shape index (κ2) is 6.80. The Balaban J connectivity index is 1.66. The van der Waals surface area contributed by atoms with Gasteiger partial charge in [0, 0.05) is 24.3 Å². The number of carboxylic acid groups (broad SMARTS) is 1. The number of carbonyl (C=O) groups is 1. The first-order valence-corrected chi connectivity index (χ1v) is 8.04. The van der Waals surface area contributed by atoms with Crippen molar-refractivity contribution >= 4 is 28.3 Å². The molecule has 2 aromatic heterocycles. The largest absolute Gasteiger partial charge is 0.481 e. The Morgan fingerprint density at radius 3 is 3.18 bits per heavy atom. The maximum Gasteiger partial charge on any atom is 0.304 e. The van der Waals surface area contributed by atoms with Crippen molar-refractivity contribution in [2.75, 3.05) is 18.4 Å². The van der Waals surface area contributed by atoms with Gasteiger partial charge in [-0.25, -0.2) is 9.97 Å². The number of carboxylic acids is 1. The van der Waals surface area contributed by atoms with Crippen LogP contribution in [0.3, 0.4) is 0 Å². The van der Waals surface area contributed by atoms with Crippen molar-refractivity contribution in [2.45, 2.75) is 25.3 Å². The van der Waals surface area contributed by atoms with E-state index in [1.54, 1.807) is 18.6 Å². The predicted molar refractivity (Wildman–Crippen MR) is 83.2 cm³/mol. The third kappa shape index (κ3) is 3.58. The van der Waals surface area contributed by atoms with Crippen molar-refractivity contribution in [3.05, 3.63) is 29.7 Å². The molecule has 0 amide bonds. The Morgan fingerprint density at radius 2 is 2.41 bits per heavy atom. The summed E-state index contributed by atoms with van der Waals surface area (Å²) in [5.74, 6) is -0.0912. The summed E-state index contributed by atoms with van der Waals surface area (Å²) in [6.45, 7) is 1.51. The molecule has 0 radical (unpaired) electrons. The molecule has 1 aliphatic rings. The van der Waals surface area contributed by atoms with E-state index in [9.17, 15) is 4.79 Å². The zero-order valence-electron chi connectivity index (χ0n) is 12.0. The highest BCUT2D eigenvalue weighted by atomic mass is 32.1. The average molecular weight is 319 g/mol. The monoisotopic (exact) mass is 319 g/mol. The third-order valence-electron chi connectivity index (χ3n) is 3.64. The molecule has 3 rings (SSSR count). The number of nitrogens with one attached hydrogen (secondary N) is 1. The minimum absolute atomic E-state index is 0.172. The average Bonchev–Trinajstić information content (AvgIpc) is 3.14. The second-order valence-electron chi connectivity index (χ2n) is 5.13. The highest BCUT2D eigenvalue weighted by Crippen LogP contribution is 2.34. The Morgan fingerprint density at radius 1 is 1.50 bits per heavy atom. The molecule has 0 aliphatic carbocycles. The van der Waals surface area contributed by atoms with E-state index in [0.717, 1.165) is 30.2 Å². The van der Waals surface area contributed by atoms with Gasteiger partial charge in [-0.3, -0.25) is 14.7 Å². The van der Waals surface area contributed by atoms with Crippen molar-refractivity contribution in [1.82, 2.24) is 19.9 Å². The van der Waals surface area contributed by atoms with Crippen LogP contribution in [0, 0.1) is 0 Å². The summed E-state index contributed by atoms with van der Waals surface area (Å²) in [6, 6.07) is 0.216. The minimum Gasteiger partial charge on any atom is -0.481 e. The quantitative estimate of drug-likeness (QED) is 0.844. The zero-order chi connectivity index (χ0) is 15.4. The van der Waals surface area contributed by atoms with Gasteiger partial charge < -0.3 is 10.4 Å². The lowest BCUT2D eigenvalue weighted by Crippen LogP contribution is -2.26. The first kappa shape index (κ1) is 14.9. The molecule has 22 heavy (non-hydrogen) atoms. The molecule has 8 heteroatoms. The van der Waals surface area contributed by atoms with Crippen molar-refractivity contribution < 1.29 is 9.90 Å². The van der Waals surface area contributed by atoms with Crippen LogP contribution in [0.5, 0.6) is 0 Å². The highest BCUT2D eigenvalue weighted by molar-refractivity contribution is 7.13. The van der Waals surface area contributed by atoms with E-state index in [0.29, 0.717) is 12.4 Å². The van der Waals surface area contributed by atoms with Gasteiger partial charge in [-0.15, -0.1) is 11.3 Å². The van der Waals surface area contributed by atoms with Crippen LogP contribution in [0.4, 0.5) is 10.9 Å². The van der Waals surface area contributed by atoms with E-state index in [1.807, 2.05) is 5.38 Å². The van der Waals surface area contributed by atoms with Gasteiger partial charge in [0.05, 0.1) is 24.4 Å². The lowest BCUT2D eigenvalue weighted by Gasteiger charge is -2.21. The molecule has 2 N–H and O–H groups in total. The predicted octanol–water partition coefficient (Wildman–Crippen LogP) is 2.29. The van der Waals surface area contributed by atoms with E-state index in [-0.39, 0.29) is 12.5 Å². The van der Waals surface area contributed by atoms with Gasteiger partial charge >= 0.3 is 5.97 Å². The molecule has 2 aromatic rings. The van der Waals surface area contributed by atoms with Crippen LogP contribution >= 0.6 is 11.3 Å². The Labute approximate surface area is 132 Å². The molecular formula is C14H17N5O2S. The molecule has 0 saturated carbocycles. The summed E-state index contributed by atoms with van der Waals surface area (Å²) in [5.41, 5.74) is 0.999. The normalized spacial score (nSPS) is 18.5. The number of aliphatic carboxylic acids is 1. The van der Waals surface area contributed by atoms with Gasteiger partial charge in [0.1, 0.15) is 0 Å². The molecule has 7 nitrogen and oxygen atoms in total. The van der Waals surface area contributed by atoms with E-state index in [1.165, 1.54) is 11.3 Å². The molecule has 1 fully saturated rings. The van der Waals surface area contributed by atoms with Crippen molar-refractivity contribution in [3.8, 4) is 0 Å². The number of anilines is 2. The number of nitrogens with zero attached hydrogens (tertiary/aromatic N) is 4. The second-order valence-corrected chi connectivity index (χ2v) is 5.99. The first-order chi connectivity index (χ1) is 10.7. The smallest absolute Gasteiger partial charge is 0.304 e. The first-order valence-electron chi connectivity index (χ1n) is 7.16. The Kier molecular flexibility index (Phi) is 4.59. The van der Waals surface area contributed by atoms with Crippen LogP contribution in [-0.4, -0.2) is 44.0 Å². The van der Waals surface area contributed by atoms with Crippen molar-refractivity contribution in [3.63, 3.8) is 0 Å². The summed E-state index contributed by atoms with van der Waals surface area (Å²) < 4.78 is 0. The lowest BCUT2D eigenvalue weighted by molar-refractivity contribution is -0.137. The van der Waals surface area contributed by atoms with Crippen LogP contribution in [-0.2, 0) is 4.79 Å². The summed E-state index contributed by atoms with van der Waals surface area (Å²) in [5, 5.41) is 14.8. The fraction of sp³-hybridized carbons (Fsp3) is 0.429. The Bertz CT molecular complexity index is 633. The van der Waals surface area contributed by atoms with Gasteiger partial charge in [-0.05, 0) is 19.4 Å². The van der Waals surface area contributed by atoms with Crippen LogP contribution in [0.1, 0.15) is 31.0 Å². The number of aromatic nitrogens is 3. The number of hydrogen-bond donors (Lipinski definition) is 2. The van der Waals surface area contributed by atoms with Gasteiger partial charge in [0.2, 0.25) is 0 Å². The molecule has 1 unspecified atom stereocenters. The van der Waals surface area contributed by atoms with Gasteiger partial charge in [0.15, 0.2) is 10.9 Å². The van der Waals surface area contributed by atoms with Crippen LogP contribution in [0.15, 0.2) is 24.0 Å². The molecule has 0 bridgehead atoms. The Hall–Kier alpha value is -2.06. The van der Waals surface area contributed by atoms with Gasteiger partial charge in [-0.2, -0.15) is 0 Å². The summed E-state index contributed by atoms with van der Waals surface area (Å²) in [6.07, 6.45) is 7.17. The number of likely N-dealkylation sites (tertiary alicyclic amines) is 1. The third-order valence-corrected chi connectivity index (χ3v) is 4.41. The molecule has 116 valence electrons. The molecular weight excluding hydrogens is 302 g/mol. The van der Waals surface area contributed by atoms with Crippen molar-refractivity contribution in [1.29, 1.82) is 0 Å². The molecule has 3 heterocycles. The minimum atomic E-state index is -0.756. The van der Waals surface area contributed by atoms with Gasteiger partial charge in [-0.1, -0.05) is 0 Å². The van der Waals surface area contributed by atoms with Crippen molar-refractivity contribution in [2.24, 2.45) is 0 Å². The maximum absolute atomic E-state index is 10.7. The fourth-order valence-corrected chi connectivity index (χ4v) is 3.40. The molecule has 1 aliphatic heterocycles. The summed E-state index contributed by atoms with van der Waals surface area (Å²) in [7, 11) is 0. The molecule has 1 saturated heterocycles. The number of hydrogen-bond acceptors (Lipinski definition) is 7. The molecule has 1 atom stereocenters. The highest BCUT2D eigenvalue weighted by Gasteiger charge is 2.28. The van der Waals surface area contributed by atoms with E-state index in [2.05, 4.69) is 25.2 Å². The fourth-order valence-electron chi connectivity index (χ4n) is 2.64. The molecule has 0 aromatic carbocycles. The molecule has 0 spiro atoms. The lowest BCUT2D eigenvalue weighted by atomic mass is 10.1. The van der Waals surface area contributed by atoms with Crippen LogP contribution in [0.2, 0.25) is 0 Å².